The number of carbonyl (C=O) groups is 1. The fraction of sp³-hybridized carbons (Fsp3) is 0.909. The van der Waals surface area contributed by atoms with Gasteiger partial charge in [-0.15, -0.1) is 0 Å². The Morgan fingerprint density at radius 3 is 2.43 bits per heavy atom. The molecule has 0 aromatic carbocycles. The Morgan fingerprint density at radius 1 is 1.21 bits per heavy atom. The van der Waals surface area contributed by atoms with Gasteiger partial charge in [0.1, 0.15) is 5.78 Å². The molecule has 3 nitrogen and oxygen atoms in total. The smallest absolute Gasteiger partial charge is 0.136 e. The van der Waals surface area contributed by atoms with Crippen molar-refractivity contribution < 1.29 is 10.0 Å². The number of nitrogens with zero attached hydrogens (tertiary/aromatic N) is 1. The largest absolute Gasteiger partial charge is 0.314 e. The number of hydroxylamine groups is 2. The van der Waals surface area contributed by atoms with Gasteiger partial charge in [0.15, 0.2) is 0 Å². The minimum absolute atomic E-state index is 0.152. The monoisotopic (exact) mass is 199 g/mol. The van der Waals surface area contributed by atoms with E-state index in [0.29, 0.717) is 31.2 Å². The highest BCUT2D eigenvalue weighted by molar-refractivity contribution is 5.80. The molecule has 0 radical (unpaired) electrons. The van der Waals surface area contributed by atoms with Crippen LogP contribution in [-0.2, 0) is 4.79 Å². The quantitative estimate of drug-likeness (QED) is 0.648. The van der Waals surface area contributed by atoms with Gasteiger partial charge in [0.2, 0.25) is 0 Å². The Bertz CT molecular complexity index is 205. The molecule has 3 heteroatoms. The summed E-state index contributed by atoms with van der Waals surface area (Å²) in [4.78, 5) is 11.7. The van der Waals surface area contributed by atoms with Crippen molar-refractivity contribution in [1.82, 2.24) is 5.06 Å². The first kappa shape index (κ1) is 11.7. The van der Waals surface area contributed by atoms with Gasteiger partial charge in [0.05, 0.1) is 0 Å². The Balaban J connectivity index is 2.64. The van der Waals surface area contributed by atoms with Crippen LogP contribution < -0.4 is 0 Å². The number of rotatable bonds is 0. The molecule has 3 atom stereocenters. The molecule has 82 valence electrons. The van der Waals surface area contributed by atoms with Crippen LogP contribution in [0.15, 0.2) is 0 Å². The van der Waals surface area contributed by atoms with Crippen LogP contribution in [0.25, 0.3) is 0 Å². The van der Waals surface area contributed by atoms with E-state index in [9.17, 15) is 10.0 Å². The molecule has 1 rings (SSSR count). The number of carbonyl (C=O) groups excluding carboxylic acids is 1. The van der Waals surface area contributed by atoms with Crippen molar-refractivity contribution in [2.24, 2.45) is 17.8 Å². The zero-order valence-corrected chi connectivity index (χ0v) is 9.36. The fourth-order valence-corrected chi connectivity index (χ4v) is 2.21. The third kappa shape index (κ3) is 3.39. The van der Waals surface area contributed by atoms with Crippen LogP contribution in [0.3, 0.4) is 0 Å². The van der Waals surface area contributed by atoms with E-state index in [1.54, 1.807) is 0 Å². The molecule has 1 aliphatic heterocycles. The third-order valence-electron chi connectivity index (χ3n) is 2.90. The van der Waals surface area contributed by atoms with Crippen molar-refractivity contribution in [1.29, 1.82) is 0 Å². The van der Waals surface area contributed by atoms with E-state index in [-0.39, 0.29) is 11.8 Å². The minimum Gasteiger partial charge on any atom is -0.314 e. The molecule has 0 aliphatic carbocycles. The SMILES string of the molecule is CC1CC(=O)C(C)CC(C)CN(O)C1. The van der Waals surface area contributed by atoms with Crippen molar-refractivity contribution in [3.05, 3.63) is 0 Å². The highest BCUT2D eigenvalue weighted by Gasteiger charge is 2.23. The first-order valence-electron chi connectivity index (χ1n) is 5.45. The molecule has 1 N–H and O–H groups in total. The van der Waals surface area contributed by atoms with E-state index in [4.69, 9.17) is 0 Å². The first-order valence-corrected chi connectivity index (χ1v) is 5.45. The minimum atomic E-state index is 0.152. The maximum absolute atomic E-state index is 11.7. The summed E-state index contributed by atoms with van der Waals surface area (Å²) in [5, 5.41) is 10.9. The Morgan fingerprint density at radius 2 is 1.79 bits per heavy atom. The molecule has 1 aliphatic rings. The van der Waals surface area contributed by atoms with E-state index in [1.165, 1.54) is 5.06 Å². The van der Waals surface area contributed by atoms with Crippen molar-refractivity contribution >= 4 is 5.78 Å². The van der Waals surface area contributed by atoms with Crippen LogP contribution in [0.5, 0.6) is 0 Å². The van der Waals surface area contributed by atoms with Crippen LogP contribution in [-0.4, -0.2) is 29.1 Å². The van der Waals surface area contributed by atoms with Crippen LogP contribution in [0.2, 0.25) is 0 Å². The number of Topliss-reactive ketones (excluding diaryl/α,β-unsaturated/α-hetero) is 1. The Labute approximate surface area is 86.1 Å². The molecule has 0 saturated carbocycles. The molecule has 0 spiro atoms. The van der Waals surface area contributed by atoms with Gasteiger partial charge in [0.25, 0.3) is 0 Å². The van der Waals surface area contributed by atoms with E-state index in [2.05, 4.69) is 6.92 Å². The normalized spacial score (nSPS) is 37.4. The number of ketones is 1. The fourth-order valence-electron chi connectivity index (χ4n) is 2.21. The number of hydrogen-bond donors (Lipinski definition) is 1. The summed E-state index contributed by atoms with van der Waals surface area (Å²) in [5.74, 6) is 1.16. The first-order chi connectivity index (χ1) is 6.49. The molecule has 0 aromatic heterocycles. The van der Waals surface area contributed by atoms with Gasteiger partial charge in [-0.1, -0.05) is 20.8 Å². The predicted octanol–water partition coefficient (Wildman–Crippen LogP) is 1.95. The lowest BCUT2D eigenvalue weighted by Gasteiger charge is -2.20. The van der Waals surface area contributed by atoms with Gasteiger partial charge < -0.3 is 5.21 Å². The standard InChI is InChI=1S/C11H21NO2/c1-8-4-10(3)11(13)5-9(2)7-12(14)6-8/h8-10,14H,4-7H2,1-3H3. The summed E-state index contributed by atoms with van der Waals surface area (Å²) in [7, 11) is 0. The summed E-state index contributed by atoms with van der Waals surface area (Å²) in [6, 6.07) is 0. The molecular weight excluding hydrogens is 178 g/mol. The van der Waals surface area contributed by atoms with Gasteiger partial charge >= 0.3 is 0 Å². The highest BCUT2D eigenvalue weighted by Crippen LogP contribution is 2.20. The maximum Gasteiger partial charge on any atom is 0.136 e. The van der Waals surface area contributed by atoms with Crippen LogP contribution in [0, 0.1) is 17.8 Å². The second-order valence-corrected chi connectivity index (χ2v) is 4.89. The van der Waals surface area contributed by atoms with Crippen molar-refractivity contribution in [2.75, 3.05) is 13.1 Å². The summed E-state index contributed by atoms with van der Waals surface area (Å²) in [5.41, 5.74) is 0. The zero-order chi connectivity index (χ0) is 10.7. The Hall–Kier alpha value is -0.410. The lowest BCUT2D eigenvalue weighted by molar-refractivity contribution is -0.124. The molecule has 1 fully saturated rings. The highest BCUT2D eigenvalue weighted by atomic mass is 16.5. The van der Waals surface area contributed by atoms with Crippen molar-refractivity contribution in [3.8, 4) is 0 Å². The van der Waals surface area contributed by atoms with E-state index < -0.39 is 0 Å². The lowest BCUT2D eigenvalue weighted by Crippen LogP contribution is -2.28. The van der Waals surface area contributed by atoms with Gasteiger partial charge in [-0.25, -0.2) is 0 Å². The summed E-state index contributed by atoms with van der Waals surface area (Å²) in [6.45, 7) is 7.40. The van der Waals surface area contributed by atoms with Crippen LogP contribution in [0.1, 0.15) is 33.6 Å². The molecule has 0 aromatic rings. The summed E-state index contributed by atoms with van der Waals surface area (Å²) in [6.07, 6.45) is 1.49. The van der Waals surface area contributed by atoms with E-state index in [0.717, 1.165) is 6.42 Å². The van der Waals surface area contributed by atoms with Crippen molar-refractivity contribution in [2.45, 2.75) is 33.6 Å². The second-order valence-electron chi connectivity index (χ2n) is 4.89. The third-order valence-corrected chi connectivity index (χ3v) is 2.90. The second kappa shape index (κ2) is 4.89. The van der Waals surface area contributed by atoms with E-state index >= 15 is 0 Å². The number of hydrogen-bond acceptors (Lipinski definition) is 3. The molecule has 14 heavy (non-hydrogen) atoms. The molecule has 3 unspecified atom stereocenters. The molecular formula is C11H21NO2. The zero-order valence-electron chi connectivity index (χ0n) is 9.36. The summed E-state index contributed by atoms with van der Waals surface area (Å²) < 4.78 is 0. The van der Waals surface area contributed by atoms with Crippen LogP contribution >= 0.6 is 0 Å². The van der Waals surface area contributed by atoms with Gasteiger partial charge in [-0.05, 0) is 18.3 Å². The Kier molecular flexibility index (Phi) is 4.08. The van der Waals surface area contributed by atoms with Gasteiger partial charge in [-0.3, -0.25) is 4.79 Å². The average molecular weight is 199 g/mol. The van der Waals surface area contributed by atoms with Crippen LogP contribution in [0.4, 0.5) is 0 Å². The molecule has 0 amide bonds. The average Bonchev–Trinajstić information content (AvgIpc) is 2.03. The van der Waals surface area contributed by atoms with Gasteiger partial charge in [0, 0.05) is 25.4 Å². The molecule has 1 heterocycles. The van der Waals surface area contributed by atoms with E-state index in [1.807, 2.05) is 13.8 Å². The predicted molar refractivity (Wildman–Crippen MR) is 55.1 cm³/mol. The lowest BCUT2D eigenvalue weighted by atomic mass is 9.91. The summed E-state index contributed by atoms with van der Waals surface area (Å²) >= 11 is 0. The maximum atomic E-state index is 11.7. The molecule has 1 saturated heterocycles. The van der Waals surface area contributed by atoms with Crippen molar-refractivity contribution in [3.63, 3.8) is 0 Å². The topological polar surface area (TPSA) is 40.5 Å². The molecule has 0 bridgehead atoms. The van der Waals surface area contributed by atoms with Gasteiger partial charge in [-0.2, -0.15) is 5.06 Å².